The highest BCUT2D eigenvalue weighted by atomic mass is 16.5. The zero-order valence-electron chi connectivity index (χ0n) is 12.4. The average molecular weight is 275 g/mol. The van der Waals surface area contributed by atoms with Crippen LogP contribution in [0.1, 0.15) is 33.5 Å². The number of rotatable bonds is 5. The first-order chi connectivity index (χ1) is 9.35. The summed E-state index contributed by atoms with van der Waals surface area (Å²) in [5.74, 6) is 1.44. The van der Waals surface area contributed by atoms with Gasteiger partial charge >= 0.3 is 0 Å². The van der Waals surface area contributed by atoms with Crippen molar-refractivity contribution in [1.82, 2.24) is 5.16 Å². The molecule has 0 aliphatic carbocycles. The van der Waals surface area contributed by atoms with Crippen molar-refractivity contribution in [2.75, 3.05) is 0 Å². The lowest BCUT2D eigenvalue weighted by molar-refractivity contribution is 0.0733. The van der Waals surface area contributed by atoms with Gasteiger partial charge in [-0.05, 0) is 39.8 Å². The van der Waals surface area contributed by atoms with Gasteiger partial charge in [-0.15, -0.1) is 0 Å². The van der Waals surface area contributed by atoms with Crippen LogP contribution in [0.2, 0.25) is 0 Å². The SMILES string of the molecule is CC(C)Oc1ccccc1-c1cc(CC(C)(C)O)on1. The van der Waals surface area contributed by atoms with Gasteiger partial charge in [0.2, 0.25) is 0 Å². The number of para-hydroxylation sites is 1. The lowest BCUT2D eigenvalue weighted by atomic mass is 10.0. The van der Waals surface area contributed by atoms with Crippen LogP contribution < -0.4 is 4.74 Å². The van der Waals surface area contributed by atoms with Crippen LogP contribution in [0.25, 0.3) is 11.3 Å². The van der Waals surface area contributed by atoms with Crippen molar-refractivity contribution < 1.29 is 14.4 Å². The van der Waals surface area contributed by atoms with Gasteiger partial charge in [0.25, 0.3) is 0 Å². The highest BCUT2D eigenvalue weighted by Crippen LogP contribution is 2.30. The fraction of sp³-hybridized carbons (Fsp3) is 0.438. The molecule has 4 heteroatoms. The zero-order valence-corrected chi connectivity index (χ0v) is 12.4. The van der Waals surface area contributed by atoms with Gasteiger partial charge in [-0.2, -0.15) is 0 Å². The number of aliphatic hydroxyl groups is 1. The van der Waals surface area contributed by atoms with Gasteiger partial charge in [0, 0.05) is 18.1 Å². The first-order valence-electron chi connectivity index (χ1n) is 6.79. The molecule has 0 unspecified atom stereocenters. The smallest absolute Gasteiger partial charge is 0.140 e. The maximum atomic E-state index is 9.81. The molecule has 1 aromatic carbocycles. The van der Waals surface area contributed by atoms with Crippen LogP contribution in [0, 0.1) is 0 Å². The Morgan fingerprint density at radius 3 is 2.65 bits per heavy atom. The monoisotopic (exact) mass is 275 g/mol. The summed E-state index contributed by atoms with van der Waals surface area (Å²) in [5, 5.41) is 13.9. The summed E-state index contributed by atoms with van der Waals surface area (Å²) in [6.07, 6.45) is 0.520. The molecule has 1 N–H and O–H groups in total. The normalized spacial score (nSPS) is 11.9. The van der Waals surface area contributed by atoms with E-state index >= 15 is 0 Å². The van der Waals surface area contributed by atoms with E-state index in [1.54, 1.807) is 13.8 Å². The predicted octanol–water partition coefficient (Wildman–Crippen LogP) is 3.44. The van der Waals surface area contributed by atoms with Crippen LogP contribution in [0.5, 0.6) is 5.75 Å². The van der Waals surface area contributed by atoms with E-state index in [2.05, 4.69) is 5.16 Å². The maximum absolute atomic E-state index is 9.81. The fourth-order valence-corrected chi connectivity index (χ4v) is 1.98. The van der Waals surface area contributed by atoms with Crippen molar-refractivity contribution in [3.05, 3.63) is 36.1 Å². The van der Waals surface area contributed by atoms with E-state index in [4.69, 9.17) is 9.26 Å². The van der Waals surface area contributed by atoms with Gasteiger partial charge in [-0.25, -0.2) is 0 Å². The quantitative estimate of drug-likeness (QED) is 0.908. The van der Waals surface area contributed by atoms with E-state index in [-0.39, 0.29) is 6.10 Å². The molecule has 4 nitrogen and oxygen atoms in total. The molecule has 2 rings (SSSR count). The lowest BCUT2D eigenvalue weighted by Gasteiger charge is -2.13. The Hall–Kier alpha value is -1.81. The number of ether oxygens (including phenoxy) is 1. The summed E-state index contributed by atoms with van der Waals surface area (Å²) in [5.41, 5.74) is 0.803. The van der Waals surface area contributed by atoms with Gasteiger partial charge in [-0.3, -0.25) is 0 Å². The van der Waals surface area contributed by atoms with Gasteiger partial charge < -0.3 is 14.4 Å². The number of nitrogens with zero attached hydrogens (tertiary/aromatic N) is 1. The van der Waals surface area contributed by atoms with Gasteiger partial charge in [0.1, 0.15) is 17.2 Å². The van der Waals surface area contributed by atoms with Crippen LogP contribution >= 0.6 is 0 Å². The van der Waals surface area contributed by atoms with Crippen molar-refractivity contribution in [3.63, 3.8) is 0 Å². The molecule has 0 spiro atoms. The van der Waals surface area contributed by atoms with E-state index in [0.29, 0.717) is 12.2 Å². The minimum Gasteiger partial charge on any atom is -0.490 e. The summed E-state index contributed by atoms with van der Waals surface area (Å²) < 4.78 is 11.1. The Balaban J connectivity index is 2.28. The van der Waals surface area contributed by atoms with E-state index < -0.39 is 5.60 Å². The molecule has 0 radical (unpaired) electrons. The molecule has 0 amide bonds. The molecule has 0 fully saturated rings. The highest BCUT2D eigenvalue weighted by Gasteiger charge is 2.18. The van der Waals surface area contributed by atoms with Crippen LogP contribution in [0.4, 0.5) is 0 Å². The van der Waals surface area contributed by atoms with Crippen molar-refractivity contribution in [2.24, 2.45) is 0 Å². The Kier molecular flexibility index (Phi) is 4.14. The summed E-state index contributed by atoms with van der Waals surface area (Å²) in [4.78, 5) is 0. The first-order valence-corrected chi connectivity index (χ1v) is 6.79. The molecule has 108 valence electrons. The Morgan fingerprint density at radius 1 is 1.30 bits per heavy atom. The largest absolute Gasteiger partial charge is 0.490 e. The standard InChI is InChI=1S/C16H21NO3/c1-11(2)19-15-8-6-5-7-13(15)14-9-12(20-17-14)10-16(3,4)18/h5-9,11,18H,10H2,1-4H3. The molecular formula is C16H21NO3. The van der Waals surface area contributed by atoms with Crippen LogP contribution in [0.3, 0.4) is 0 Å². The van der Waals surface area contributed by atoms with Crippen molar-refractivity contribution in [3.8, 4) is 17.0 Å². The van der Waals surface area contributed by atoms with Crippen molar-refractivity contribution >= 4 is 0 Å². The maximum Gasteiger partial charge on any atom is 0.140 e. The molecule has 2 aromatic rings. The van der Waals surface area contributed by atoms with Gasteiger partial charge in [0.05, 0.1) is 11.7 Å². The minimum absolute atomic E-state index is 0.0962. The molecule has 0 saturated carbocycles. The molecule has 0 bridgehead atoms. The van der Waals surface area contributed by atoms with Crippen molar-refractivity contribution in [2.45, 2.75) is 45.8 Å². The molecular weight excluding hydrogens is 254 g/mol. The van der Waals surface area contributed by atoms with Crippen LogP contribution in [0.15, 0.2) is 34.9 Å². The van der Waals surface area contributed by atoms with Crippen molar-refractivity contribution in [1.29, 1.82) is 0 Å². The second-order valence-electron chi connectivity index (χ2n) is 5.83. The molecule has 0 aliphatic rings. The topological polar surface area (TPSA) is 55.5 Å². The van der Waals surface area contributed by atoms with Crippen LogP contribution in [-0.2, 0) is 6.42 Å². The van der Waals surface area contributed by atoms with Gasteiger partial charge in [0.15, 0.2) is 0 Å². The average Bonchev–Trinajstić information content (AvgIpc) is 2.74. The Bertz CT molecular complexity index is 567. The lowest BCUT2D eigenvalue weighted by Crippen LogP contribution is -2.21. The highest BCUT2D eigenvalue weighted by molar-refractivity contribution is 5.66. The predicted molar refractivity (Wildman–Crippen MR) is 77.7 cm³/mol. The zero-order chi connectivity index (χ0) is 14.8. The Labute approximate surface area is 119 Å². The molecule has 1 heterocycles. The van der Waals surface area contributed by atoms with Gasteiger partial charge in [-0.1, -0.05) is 17.3 Å². The number of hydrogen-bond donors (Lipinski definition) is 1. The van der Waals surface area contributed by atoms with E-state index in [0.717, 1.165) is 17.0 Å². The van der Waals surface area contributed by atoms with E-state index in [9.17, 15) is 5.11 Å². The van der Waals surface area contributed by atoms with E-state index in [1.807, 2.05) is 44.2 Å². The number of aromatic nitrogens is 1. The fourth-order valence-electron chi connectivity index (χ4n) is 1.98. The molecule has 0 saturated heterocycles. The van der Waals surface area contributed by atoms with Crippen LogP contribution in [-0.4, -0.2) is 22.0 Å². The number of benzene rings is 1. The summed E-state index contributed by atoms with van der Waals surface area (Å²) in [6, 6.07) is 9.58. The first kappa shape index (κ1) is 14.6. The Morgan fingerprint density at radius 2 is 2.00 bits per heavy atom. The minimum atomic E-state index is -0.815. The second kappa shape index (κ2) is 5.67. The summed E-state index contributed by atoms with van der Waals surface area (Å²) in [7, 11) is 0. The molecule has 0 atom stereocenters. The third-order valence-electron chi connectivity index (χ3n) is 2.69. The van der Waals surface area contributed by atoms with E-state index in [1.165, 1.54) is 0 Å². The number of hydrogen-bond acceptors (Lipinski definition) is 4. The third kappa shape index (κ3) is 3.84. The molecule has 0 aliphatic heterocycles. The summed E-state index contributed by atoms with van der Waals surface area (Å²) >= 11 is 0. The molecule has 20 heavy (non-hydrogen) atoms. The summed E-state index contributed by atoms with van der Waals surface area (Å²) in [6.45, 7) is 7.45. The third-order valence-corrected chi connectivity index (χ3v) is 2.69. The second-order valence-corrected chi connectivity index (χ2v) is 5.83. The molecule has 1 aromatic heterocycles.